The SMILES string of the molecule is CCOc1ccc(C(C)N2CCC(C(=O)O)C2)cc1. The summed E-state index contributed by atoms with van der Waals surface area (Å²) in [6.45, 7) is 6.25. The molecule has 1 heterocycles. The molecule has 2 rings (SSSR count). The van der Waals surface area contributed by atoms with Crippen LogP contribution in [0.1, 0.15) is 31.9 Å². The summed E-state index contributed by atoms with van der Waals surface area (Å²) in [5.74, 6) is -0.0187. The summed E-state index contributed by atoms with van der Waals surface area (Å²) >= 11 is 0. The van der Waals surface area contributed by atoms with Crippen LogP contribution in [0.25, 0.3) is 0 Å². The predicted octanol–water partition coefficient (Wildman–Crippen LogP) is 2.55. The van der Waals surface area contributed by atoms with Crippen molar-refractivity contribution in [2.75, 3.05) is 19.7 Å². The van der Waals surface area contributed by atoms with E-state index in [0.29, 0.717) is 13.2 Å². The lowest BCUT2D eigenvalue weighted by Crippen LogP contribution is -2.26. The second kappa shape index (κ2) is 6.06. The molecule has 0 spiro atoms. The lowest BCUT2D eigenvalue weighted by atomic mass is 10.1. The number of hydrogen-bond acceptors (Lipinski definition) is 3. The van der Waals surface area contributed by atoms with Crippen LogP contribution < -0.4 is 4.74 Å². The van der Waals surface area contributed by atoms with Crippen molar-refractivity contribution in [2.45, 2.75) is 26.3 Å². The molecule has 4 heteroatoms. The molecular weight excluding hydrogens is 242 g/mol. The van der Waals surface area contributed by atoms with E-state index in [-0.39, 0.29) is 12.0 Å². The third-order valence-corrected chi connectivity index (χ3v) is 3.79. The first kappa shape index (κ1) is 13.9. The first-order chi connectivity index (χ1) is 9.11. The molecule has 1 N–H and O–H groups in total. The number of carboxylic acids is 1. The molecule has 19 heavy (non-hydrogen) atoms. The van der Waals surface area contributed by atoms with Gasteiger partial charge in [-0.05, 0) is 44.5 Å². The highest BCUT2D eigenvalue weighted by Gasteiger charge is 2.30. The lowest BCUT2D eigenvalue weighted by molar-refractivity contribution is -0.141. The molecule has 2 atom stereocenters. The van der Waals surface area contributed by atoms with Crippen LogP contribution >= 0.6 is 0 Å². The zero-order chi connectivity index (χ0) is 13.8. The summed E-state index contributed by atoms with van der Waals surface area (Å²) < 4.78 is 5.42. The van der Waals surface area contributed by atoms with Gasteiger partial charge in [-0.25, -0.2) is 0 Å². The van der Waals surface area contributed by atoms with Gasteiger partial charge in [-0.1, -0.05) is 12.1 Å². The Morgan fingerprint density at radius 3 is 2.68 bits per heavy atom. The topological polar surface area (TPSA) is 49.8 Å². The highest BCUT2D eigenvalue weighted by atomic mass is 16.5. The fourth-order valence-corrected chi connectivity index (χ4v) is 2.56. The van der Waals surface area contributed by atoms with E-state index in [2.05, 4.69) is 24.0 Å². The van der Waals surface area contributed by atoms with Crippen LogP contribution in [0.5, 0.6) is 5.75 Å². The summed E-state index contributed by atoms with van der Waals surface area (Å²) in [7, 11) is 0. The van der Waals surface area contributed by atoms with Gasteiger partial charge in [0.15, 0.2) is 0 Å². The quantitative estimate of drug-likeness (QED) is 0.887. The molecular formula is C15H21NO3. The van der Waals surface area contributed by atoms with Crippen molar-refractivity contribution in [1.82, 2.24) is 4.90 Å². The zero-order valence-corrected chi connectivity index (χ0v) is 11.5. The maximum atomic E-state index is 11.0. The number of rotatable bonds is 5. The summed E-state index contributed by atoms with van der Waals surface area (Å²) in [6.07, 6.45) is 0.747. The van der Waals surface area contributed by atoms with Crippen LogP contribution in [-0.4, -0.2) is 35.7 Å². The van der Waals surface area contributed by atoms with E-state index in [1.54, 1.807) is 0 Å². The third kappa shape index (κ3) is 3.26. The van der Waals surface area contributed by atoms with Gasteiger partial charge >= 0.3 is 5.97 Å². The number of hydrogen-bond donors (Lipinski definition) is 1. The van der Waals surface area contributed by atoms with Crippen LogP contribution in [0.3, 0.4) is 0 Å². The van der Waals surface area contributed by atoms with E-state index in [1.165, 1.54) is 5.56 Å². The van der Waals surface area contributed by atoms with Gasteiger partial charge < -0.3 is 9.84 Å². The van der Waals surface area contributed by atoms with E-state index in [9.17, 15) is 4.79 Å². The van der Waals surface area contributed by atoms with Crippen molar-refractivity contribution in [3.05, 3.63) is 29.8 Å². The molecule has 4 nitrogen and oxygen atoms in total. The molecule has 1 fully saturated rings. The van der Waals surface area contributed by atoms with Gasteiger partial charge in [0.1, 0.15) is 5.75 Å². The monoisotopic (exact) mass is 263 g/mol. The molecule has 0 bridgehead atoms. The Labute approximate surface area is 114 Å². The van der Waals surface area contributed by atoms with Crippen molar-refractivity contribution >= 4 is 5.97 Å². The lowest BCUT2D eigenvalue weighted by Gasteiger charge is -2.24. The van der Waals surface area contributed by atoms with E-state index in [0.717, 1.165) is 18.7 Å². The number of aliphatic carboxylic acids is 1. The van der Waals surface area contributed by atoms with E-state index >= 15 is 0 Å². The second-order valence-corrected chi connectivity index (χ2v) is 5.00. The van der Waals surface area contributed by atoms with E-state index in [1.807, 2.05) is 19.1 Å². The molecule has 2 unspecified atom stereocenters. The Kier molecular flexibility index (Phi) is 4.43. The van der Waals surface area contributed by atoms with Crippen LogP contribution in [0.2, 0.25) is 0 Å². The summed E-state index contributed by atoms with van der Waals surface area (Å²) in [5.41, 5.74) is 1.20. The number of ether oxygens (including phenoxy) is 1. The Morgan fingerprint density at radius 2 is 2.16 bits per heavy atom. The number of carboxylic acid groups (broad SMARTS) is 1. The standard InChI is InChI=1S/C15H21NO3/c1-3-19-14-6-4-12(5-7-14)11(2)16-9-8-13(10-16)15(17)18/h4-7,11,13H,3,8-10H2,1-2H3,(H,17,18). The highest BCUT2D eigenvalue weighted by Crippen LogP contribution is 2.28. The van der Waals surface area contributed by atoms with Crippen molar-refractivity contribution in [3.8, 4) is 5.75 Å². The Hall–Kier alpha value is -1.55. The van der Waals surface area contributed by atoms with Gasteiger partial charge in [-0.2, -0.15) is 0 Å². The van der Waals surface area contributed by atoms with Gasteiger partial charge in [-0.15, -0.1) is 0 Å². The number of benzene rings is 1. The molecule has 1 aromatic carbocycles. The Morgan fingerprint density at radius 1 is 1.47 bits per heavy atom. The van der Waals surface area contributed by atoms with Crippen LogP contribution in [-0.2, 0) is 4.79 Å². The van der Waals surface area contributed by atoms with Gasteiger partial charge in [-0.3, -0.25) is 9.69 Å². The molecule has 0 radical (unpaired) electrons. The maximum absolute atomic E-state index is 11.0. The molecule has 0 saturated carbocycles. The van der Waals surface area contributed by atoms with Crippen molar-refractivity contribution in [3.63, 3.8) is 0 Å². The molecule has 104 valence electrons. The highest BCUT2D eigenvalue weighted by molar-refractivity contribution is 5.70. The molecule has 1 aromatic rings. The minimum atomic E-state index is -0.679. The predicted molar refractivity (Wildman–Crippen MR) is 73.3 cm³/mol. The van der Waals surface area contributed by atoms with Gasteiger partial charge in [0.05, 0.1) is 12.5 Å². The summed E-state index contributed by atoms with van der Waals surface area (Å²) in [6, 6.07) is 8.31. The minimum absolute atomic E-state index is 0.217. The molecule has 0 aliphatic carbocycles. The average Bonchev–Trinajstić information content (AvgIpc) is 2.89. The van der Waals surface area contributed by atoms with Crippen molar-refractivity contribution in [2.24, 2.45) is 5.92 Å². The van der Waals surface area contributed by atoms with Gasteiger partial charge in [0.25, 0.3) is 0 Å². The molecule has 0 amide bonds. The maximum Gasteiger partial charge on any atom is 0.307 e. The Bertz CT molecular complexity index is 430. The summed E-state index contributed by atoms with van der Waals surface area (Å²) in [4.78, 5) is 13.2. The largest absolute Gasteiger partial charge is 0.494 e. The molecule has 1 aliphatic rings. The normalized spacial score (nSPS) is 21.3. The van der Waals surface area contributed by atoms with E-state index < -0.39 is 5.97 Å². The number of nitrogens with zero attached hydrogens (tertiary/aromatic N) is 1. The first-order valence-electron chi connectivity index (χ1n) is 6.81. The summed E-state index contributed by atoms with van der Waals surface area (Å²) in [5, 5.41) is 9.04. The van der Waals surface area contributed by atoms with Gasteiger partial charge in [0, 0.05) is 12.6 Å². The fraction of sp³-hybridized carbons (Fsp3) is 0.533. The number of carbonyl (C=O) groups is 1. The van der Waals surface area contributed by atoms with Crippen LogP contribution in [0.15, 0.2) is 24.3 Å². The fourth-order valence-electron chi connectivity index (χ4n) is 2.56. The van der Waals surface area contributed by atoms with Gasteiger partial charge in [0.2, 0.25) is 0 Å². The average molecular weight is 263 g/mol. The van der Waals surface area contributed by atoms with E-state index in [4.69, 9.17) is 9.84 Å². The molecule has 1 saturated heterocycles. The molecule has 1 aliphatic heterocycles. The third-order valence-electron chi connectivity index (χ3n) is 3.79. The van der Waals surface area contributed by atoms with Crippen LogP contribution in [0, 0.1) is 5.92 Å². The second-order valence-electron chi connectivity index (χ2n) is 5.00. The van der Waals surface area contributed by atoms with Crippen molar-refractivity contribution in [1.29, 1.82) is 0 Å². The van der Waals surface area contributed by atoms with Crippen LogP contribution in [0.4, 0.5) is 0 Å². The number of likely N-dealkylation sites (tertiary alicyclic amines) is 1. The zero-order valence-electron chi connectivity index (χ0n) is 11.5. The Balaban J connectivity index is 1.99. The molecule has 0 aromatic heterocycles. The minimum Gasteiger partial charge on any atom is -0.494 e. The first-order valence-corrected chi connectivity index (χ1v) is 6.81. The van der Waals surface area contributed by atoms with Crippen molar-refractivity contribution < 1.29 is 14.6 Å². The smallest absolute Gasteiger partial charge is 0.307 e.